The summed E-state index contributed by atoms with van der Waals surface area (Å²) in [5, 5.41) is 7.11. The van der Waals surface area contributed by atoms with Crippen molar-refractivity contribution in [2.45, 2.75) is 36.2 Å². The van der Waals surface area contributed by atoms with Crippen LogP contribution in [-0.2, 0) is 27.5 Å². The molecule has 1 saturated heterocycles. The van der Waals surface area contributed by atoms with Crippen molar-refractivity contribution in [1.82, 2.24) is 18.6 Å². The quantitative estimate of drug-likeness (QED) is 0.231. The van der Waals surface area contributed by atoms with Crippen molar-refractivity contribution in [2.24, 2.45) is 0 Å². The summed E-state index contributed by atoms with van der Waals surface area (Å²) in [5.74, 6) is -0.366. The number of rotatable bonds is 11. The predicted molar refractivity (Wildman–Crippen MR) is 169 cm³/mol. The summed E-state index contributed by atoms with van der Waals surface area (Å²) in [6.07, 6.45) is 2.96. The van der Waals surface area contributed by atoms with Gasteiger partial charge >= 0.3 is 6.03 Å². The smallest absolute Gasteiger partial charge is 0.318 e. The Morgan fingerprint density at radius 1 is 0.805 bits per heavy atom. The molecule has 3 aromatic rings. The van der Waals surface area contributed by atoms with E-state index in [-0.39, 0.29) is 16.8 Å². The van der Waals surface area contributed by atoms with E-state index in [0.717, 1.165) is 29.6 Å². The van der Waals surface area contributed by atoms with Crippen molar-refractivity contribution in [3.8, 4) is 0 Å². The van der Waals surface area contributed by atoms with Crippen LogP contribution in [0.25, 0.3) is 0 Å². The van der Waals surface area contributed by atoms with Crippen LogP contribution in [-0.4, -0.2) is 66.6 Å². The van der Waals surface area contributed by atoms with E-state index in [1.165, 1.54) is 6.08 Å². The fraction of sp³-hybridized carbons (Fsp3) is 0.290. The third kappa shape index (κ3) is 9.68. The summed E-state index contributed by atoms with van der Waals surface area (Å²) >= 11 is 2.24. The normalized spacial score (nSPS) is 15.8. The molecule has 3 aromatic carbocycles. The lowest BCUT2D eigenvalue weighted by atomic mass is 10.0. The minimum atomic E-state index is -3.69. The van der Waals surface area contributed by atoms with Gasteiger partial charge in [0.1, 0.15) is 6.04 Å². The van der Waals surface area contributed by atoms with Crippen LogP contribution in [0.3, 0.4) is 0 Å². The zero-order valence-corrected chi connectivity index (χ0v) is 25.7. The van der Waals surface area contributed by atoms with Crippen molar-refractivity contribution in [3.05, 3.63) is 114 Å². The molecular formula is C31H35IN4O4S. The summed E-state index contributed by atoms with van der Waals surface area (Å²) in [4.78, 5) is 28.7. The molecule has 0 spiro atoms. The van der Waals surface area contributed by atoms with Gasteiger partial charge in [-0.1, -0.05) is 84.9 Å². The number of sulfone groups is 1. The summed E-state index contributed by atoms with van der Waals surface area (Å²) in [5.41, 5.74) is 1.99. The number of nitrogens with one attached hydrogen (secondary N) is 2. The first kappa shape index (κ1) is 30.7. The standard InChI is InChI=1S/C31H35IN4O4S/c32-36-21-19-35(20-22-36)31(38)34-29(24-26-12-6-2-7-13-26)30(37)33-27(17-16-25-10-4-1-5-11-25)18-23-41(39,40)28-14-8-3-9-15-28/h1-15,18,23,27,29H,16-17,19-22,24H2,(H,33,37)(H,34,38)/b23-18+/t27-,29-/m0/s1. The molecule has 0 unspecified atom stereocenters. The molecule has 216 valence electrons. The Labute approximate surface area is 256 Å². The summed E-state index contributed by atoms with van der Waals surface area (Å²) in [6, 6.07) is 25.8. The molecule has 1 aliphatic heterocycles. The van der Waals surface area contributed by atoms with Crippen LogP contribution < -0.4 is 10.6 Å². The van der Waals surface area contributed by atoms with Crippen molar-refractivity contribution >= 4 is 44.6 Å². The molecule has 3 amide bonds. The zero-order valence-electron chi connectivity index (χ0n) is 22.7. The maximum atomic E-state index is 13.7. The fourth-order valence-electron chi connectivity index (χ4n) is 4.54. The van der Waals surface area contributed by atoms with Crippen molar-refractivity contribution < 1.29 is 18.0 Å². The molecular weight excluding hydrogens is 651 g/mol. The maximum Gasteiger partial charge on any atom is 0.318 e. The second-order valence-corrected chi connectivity index (χ2v) is 13.1. The van der Waals surface area contributed by atoms with E-state index in [1.54, 1.807) is 35.2 Å². The van der Waals surface area contributed by atoms with Gasteiger partial charge in [0, 0.05) is 66.9 Å². The van der Waals surface area contributed by atoms with Gasteiger partial charge in [-0.25, -0.2) is 16.3 Å². The average Bonchev–Trinajstić information content (AvgIpc) is 3.00. The Balaban J connectivity index is 1.52. The van der Waals surface area contributed by atoms with E-state index in [0.29, 0.717) is 32.4 Å². The summed E-state index contributed by atoms with van der Waals surface area (Å²) in [7, 11) is -3.69. The van der Waals surface area contributed by atoms with E-state index >= 15 is 0 Å². The number of aryl methyl sites for hydroxylation is 1. The first-order valence-corrected chi connectivity index (χ1v) is 16.1. The highest BCUT2D eigenvalue weighted by Gasteiger charge is 2.27. The second-order valence-electron chi connectivity index (χ2n) is 9.91. The van der Waals surface area contributed by atoms with Gasteiger partial charge in [0.25, 0.3) is 0 Å². The molecule has 8 nitrogen and oxygen atoms in total. The minimum Gasteiger partial charge on any atom is -0.348 e. The lowest BCUT2D eigenvalue weighted by molar-refractivity contribution is -0.123. The number of nitrogens with zero attached hydrogens (tertiary/aromatic N) is 2. The molecule has 0 aliphatic carbocycles. The second kappa shape index (κ2) is 15.1. The first-order valence-electron chi connectivity index (χ1n) is 13.6. The summed E-state index contributed by atoms with van der Waals surface area (Å²) < 4.78 is 28.0. The number of hydrogen-bond acceptors (Lipinski definition) is 5. The molecule has 0 saturated carbocycles. The van der Waals surface area contributed by atoms with Gasteiger partial charge in [0.2, 0.25) is 5.91 Å². The lowest BCUT2D eigenvalue weighted by Gasteiger charge is -2.32. The van der Waals surface area contributed by atoms with Crippen molar-refractivity contribution in [2.75, 3.05) is 26.2 Å². The number of urea groups is 1. The molecule has 10 heteroatoms. The Morgan fingerprint density at radius 2 is 1.37 bits per heavy atom. The van der Waals surface area contributed by atoms with Crippen LogP contribution in [0.15, 0.2) is 107 Å². The number of halogens is 1. The number of carbonyl (C=O) groups is 2. The summed E-state index contributed by atoms with van der Waals surface area (Å²) in [6.45, 7) is 2.67. The van der Waals surface area contributed by atoms with Gasteiger partial charge in [-0.3, -0.25) is 4.79 Å². The molecule has 4 rings (SSSR count). The number of piperazine rings is 1. The van der Waals surface area contributed by atoms with E-state index in [1.807, 2.05) is 60.7 Å². The SMILES string of the molecule is O=C(N[C@H](/C=C/S(=O)(=O)c1ccccc1)CCc1ccccc1)[C@H](Cc1ccccc1)NC(=O)N1CCN(I)CC1. The Hall–Kier alpha value is -3.22. The highest BCUT2D eigenvalue weighted by Crippen LogP contribution is 2.14. The van der Waals surface area contributed by atoms with Gasteiger partial charge in [-0.15, -0.1) is 0 Å². The van der Waals surface area contributed by atoms with Gasteiger partial charge in [0.05, 0.1) is 4.90 Å². The van der Waals surface area contributed by atoms with Crippen LogP contribution >= 0.6 is 22.9 Å². The average molecular weight is 687 g/mol. The lowest BCUT2D eigenvalue weighted by Crippen LogP contribution is -2.56. The molecule has 1 heterocycles. The van der Waals surface area contributed by atoms with Crippen molar-refractivity contribution in [3.63, 3.8) is 0 Å². The number of hydrogen-bond donors (Lipinski definition) is 2. The van der Waals surface area contributed by atoms with Crippen LogP contribution in [0.1, 0.15) is 17.5 Å². The van der Waals surface area contributed by atoms with Crippen LogP contribution in [0.2, 0.25) is 0 Å². The molecule has 1 fully saturated rings. The topological polar surface area (TPSA) is 98.8 Å². The number of amides is 3. The van der Waals surface area contributed by atoms with Crippen LogP contribution in [0.4, 0.5) is 4.79 Å². The molecule has 0 radical (unpaired) electrons. The Morgan fingerprint density at radius 3 is 1.98 bits per heavy atom. The predicted octanol–water partition coefficient (Wildman–Crippen LogP) is 4.38. The molecule has 1 aliphatic rings. The van der Waals surface area contributed by atoms with Crippen LogP contribution in [0.5, 0.6) is 0 Å². The number of benzene rings is 3. The molecule has 41 heavy (non-hydrogen) atoms. The monoisotopic (exact) mass is 686 g/mol. The van der Waals surface area contributed by atoms with Crippen molar-refractivity contribution in [1.29, 1.82) is 0 Å². The zero-order chi connectivity index (χ0) is 29.1. The van der Waals surface area contributed by atoms with E-state index in [2.05, 4.69) is 36.6 Å². The largest absolute Gasteiger partial charge is 0.348 e. The third-order valence-corrected chi connectivity index (χ3v) is 9.29. The highest BCUT2D eigenvalue weighted by atomic mass is 127. The van der Waals surface area contributed by atoms with Gasteiger partial charge in [-0.05, 0) is 36.1 Å². The van der Waals surface area contributed by atoms with E-state index in [4.69, 9.17) is 0 Å². The molecule has 2 N–H and O–H groups in total. The maximum absolute atomic E-state index is 13.7. The molecule has 0 aromatic heterocycles. The first-order chi connectivity index (χ1) is 19.8. The van der Waals surface area contributed by atoms with Gasteiger partial charge < -0.3 is 15.5 Å². The van der Waals surface area contributed by atoms with Gasteiger partial charge in [-0.2, -0.15) is 0 Å². The minimum absolute atomic E-state index is 0.185. The third-order valence-electron chi connectivity index (χ3n) is 6.89. The Kier molecular flexibility index (Phi) is 11.3. The highest BCUT2D eigenvalue weighted by molar-refractivity contribution is 14.1. The van der Waals surface area contributed by atoms with E-state index in [9.17, 15) is 18.0 Å². The van der Waals surface area contributed by atoms with Crippen LogP contribution in [0, 0.1) is 0 Å². The van der Waals surface area contributed by atoms with Gasteiger partial charge in [0.15, 0.2) is 9.84 Å². The van der Waals surface area contributed by atoms with E-state index < -0.39 is 21.9 Å². The Bertz CT molecular complexity index is 1400. The fourth-order valence-corrected chi connectivity index (χ4v) is 6.06. The number of carbonyl (C=O) groups excluding carboxylic acids is 2. The molecule has 2 atom stereocenters. The molecule has 0 bridgehead atoms.